The van der Waals surface area contributed by atoms with Gasteiger partial charge in [0.1, 0.15) is 11.8 Å². The summed E-state index contributed by atoms with van der Waals surface area (Å²) in [6, 6.07) is 17.2. The summed E-state index contributed by atoms with van der Waals surface area (Å²) in [4.78, 5) is 19.1. The third kappa shape index (κ3) is 4.76. The lowest BCUT2D eigenvalue weighted by atomic mass is 9.83. The van der Waals surface area contributed by atoms with E-state index in [4.69, 9.17) is 0 Å². The molecule has 4 heteroatoms. The molecule has 0 fully saturated rings. The number of carbonyl (C=O) groups is 1. The van der Waals surface area contributed by atoms with Crippen LogP contribution in [-0.2, 0) is 17.6 Å². The van der Waals surface area contributed by atoms with E-state index in [1.807, 2.05) is 34.3 Å². The molecule has 1 atom stereocenters. The van der Waals surface area contributed by atoms with Crippen molar-refractivity contribution in [2.75, 3.05) is 38.0 Å². The Morgan fingerprint density at radius 2 is 1.30 bits per heavy atom. The molecule has 3 rings (SSSR count). The second-order valence-corrected chi connectivity index (χ2v) is 8.57. The van der Waals surface area contributed by atoms with Crippen LogP contribution in [0.4, 0.5) is 11.4 Å². The minimum absolute atomic E-state index is 0.155. The molecule has 1 aliphatic heterocycles. The Bertz CT molecular complexity index is 841. The third-order valence-electron chi connectivity index (χ3n) is 5.85. The number of rotatable bonds is 8. The van der Waals surface area contributed by atoms with Crippen LogP contribution in [0.2, 0.25) is 0 Å². The molecule has 0 aromatic heterocycles. The maximum atomic E-state index is 12.7. The van der Waals surface area contributed by atoms with Crippen molar-refractivity contribution in [3.63, 3.8) is 0 Å². The number of carbonyl (C=O) groups excluding carboxylic acids is 1. The molecular weight excluding hydrogens is 370 g/mol. The van der Waals surface area contributed by atoms with Gasteiger partial charge in [0.25, 0.3) is 0 Å². The zero-order valence-corrected chi connectivity index (χ0v) is 18.7. The van der Waals surface area contributed by atoms with Gasteiger partial charge in [-0.05, 0) is 48.4 Å². The van der Waals surface area contributed by atoms with Gasteiger partial charge in [-0.25, -0.2) is 0 Å². The van der Waals surface area contributed by atoms with Crippen molar-refractivity contribution in [2.24, 2.45) is 0 Å². The van der Waals surface area contributed by atoms with Crippen LogP contribution < -0.4 is 9.80 Å². The predicted molar refractivity (Wildman–Crippen MR) is 127 cm³/mol. The first kappa shape index (κ1) is 21.7. The Hall–Kier alpha value is -3.01. The Labute approximate surface area is 181 Å². The van der Waals surface area contributed by atoms with Gasteiger partial charge in [0.15, 0.2) is 0 Å². The lowest BCUT2D eigenvalue weighted by Crippen LogP contribution is -2.54. The fraction of sp³-hybridized carbons (Fsp3) is 0.346. The van der Waals surface area contributed by atoms with Gasteiger partial charge in [-0.15, -0.1) is 0 Å². The molecule has 0 amide bonds. The second kappa shape index (κ2) is 9.21. The highest BCUT2D eigenvalue weighted by Crippen LogP contribution is 2.30. The van der Waals surface area contributed by atoms with Crippen LogP contribution in [0.3, 0.4) is 0 Å². The monoisotopic (exact) mass is 403 g/mol. The van der Waals surface area contributed by atoms with Crippen molar-refractivity contribution in [1.82, 2.24) is 4.90 Å². The van der Waals surface area contributed by atoms with Crippen LogP contribution in [0.5, 0.6) is 0 Å². The van der Waals surface area contributed by atoms with Crippen LogP contribution in [0.15, 0.2) is 73.0 Å². The molecule has 2 aromatic carbocycles. The van der Waals surface area contributed by atoms with Crippen LogP contribution in [0.25, 0.3) is 0 Å². The topological polar surface area (TPSA) is 26.8 Å². The summed E-state index contributed by atoms with van der Waals surface area (Å²) in [5, 5.41) is 0. The van der Waals surface area contributed by atoms with Gasteiger partial charge >= 0.3 is 0 Å². The van der Waals surface area contributed by atoms with Gasteiger partial charge in [-0.1, -0.05) is 36.4 Å². The summed E-state index contributed by atoms with van der Waals surface area (Å²) in [5.41, 5.74) is 3.98. The summed E-state index contributed by atoms with van der Waals surface area (Å²) in [6.45, 7) is 2.14. The van der Waals surface area contributed by atoms with Crippen molar-refractivity contribution in [3.8, 4) is 0 Å². The third-order valence-corrected chi connectivity index (χ3v) is 5.85. The summed E-state index contributed by atoms with van der Waals surface area (Å²) in [5.74, 6) is 0. The van der Waals surface area contributed by atoms with E-state index in [2.05, 4.69) is 88.5 Å². The van der Waals surface area contributed by atoms with Gasteiger partial charge in [0.2, 0.25) is 0 Å². The highest BCUT2D eigenvalue weighted by molar-refractivity contribution is 5.67. The molecule has 0 N–H and O–H groups in total. The van der Waals surface area contributed by atoms with E-state index in [-0.39, 0.29) is 6.04 Å². The Morgan fingerprint density at radius 1 is 0.833 bits per heavy atom. The molecule has 2 aromatic rings. The van der Waals surface area contributed by atoms with E-state index < -0.39 is 5.54 Å². The van der Waals surface area contributed by atoms with Crippen molar-refractivity contribution in [1.29, 1.82) is 0 Å². The minimum Gasteiger partial charge on any atom is -0.378 e. The molecule has 1 unspecified atom stereocenters. The molecular formula is C26H33N3O. The van der Waals surface area contributed by atoms with Crippen molar-refractivity contribution in [3.05, 3.63) is 84.1 Å². The van der Waals surface area contributed by atoms with Crippen LogP contribution in [0, 0.1) is 0 Å². The molecule has 0 spiro atoms. The number of benzene rings is 2. The second-order valence-electron chi connectivity index (χ2n) is 8.57. The Balaban J connectivity index is 1.95. The van der Waals surface area contributed by atoms with E-state index in [1.165, 1.54) is 0 Å². The standard InChI is InChI=1S/C26H33N3O/c1-21-8-6-7-17-29(21)26(20-30,18-22-9-13-24(14-10-22)27(2)3)19-23-11-15-25(16-12-23)28(4)5/h6-17,20-21H,18-19H2,1-5H3. The maximum Gasteiger partial charge on any atom is 0.146 e. The molecule has 0 radical (unpaired) electrons. The average Bonchev–Trinajstić information content (AvgIpc) is 2.74. The van der Waals surface area contributed by atoms with E-state index in [0.717, 1.165) is 28.8 Å². The zero-order chi connectivity index (χ0) is 21.7. The van der Waals surface area contributed by atoms with Crippen molar-refractivity contribution in [2.45, 2.75) is 31.3 Å². The van der Waals surface area contributed by atoms with E-state index in [1.54, 1.807) is 0 Å². The quantitative estimate of drug-likeness (QED) is 0.614. The fourth-order valence-corrected chi connectivity index (χ4v) is 4.07. The first-order valence-electron chi connectivity index (χ1n) is 10.5. The Morgan fingerprint density at radius 3 is 1.67 bits per heavy atom. The predicted octanol–water partition coefficient (Wildman–Crippen LogP) is 4.32. The van der Waals surface area contributed by atoms with E-state index >= 15 is 0 Å². The normalized spacial score (nSPS) is 15.9. The minimum atomic E-state index is -0.653. The smallest absolute Gasteiger partial charge is 0.146 e. The molecule has 0 bridgehead atoms. The van der Waals surface area contributed by atoms with Gasteiger partial charge < -0.3 is 19.5 Å². The maximum absolute atomic E-state index is 12.7. The number of hydrogen-bond donors (Lipinski definition) is 0. The molecule has 1 aliphatic rings. The number of hydrogen-bond acceptors (Lipinski definition) is 4. The van der Waals surface area contributed by atoms with Gasteiger partial charge in [-0.3, -0.25) is 0 Å². The van der Waals surface area contributed by atoms with Gasteiger partial charge in [0.05, 0.1) is 0 Å². The van der Waals surface area contributed by atoms with Crippen molar-refractivity contribution >= 4 is 17.7 Å². The van der Waals surface area contributed by atoms with Crippen molar-refractivity contribution < 1.29 is 4.79 Å². The number of allylic oxidation sites excluding steroid dienone is 2. The van der Waals surface area contributed by atoms with Crippen LogP contribution in [-0.4, -0.2) is 51.0 Å². The fourth-order valence-electron chi connectivity index (χ4n) is 4.07. The highest BCUT2D eigenvalue weighted by Gasteiger charge is 2.38. The molecule has 0 saturated carbocycles. The van der Waals surface area contributed by atoms with Gasteiger partial charge in [-0.2, -0.15) is 0 Å². The summed E-state index contributed by atoms with van der Waals surface area (Å²) < 4.78 is 0. The van der Waals surface area contributed by atoms with Crippen LogP contribution in [0.1, 0.15) is 18.1 Å². The first-order valence-corrected chi connectivity index (χ1v) is 10.5. The number of anilines is 2. The molecule has 0 saturated heterocycles. The number of aldehydes is 1. The highest BCUT2D eigenvalue weighted by atomic mass is 16.1. The lowest BCUT2D eigenvalue weighted by molar-refractivity contribution is -0.117. The zero-order valence-electron chi connectivity index (χ0n) is 18.7. The van der Waals surface area contributed by atoms with Gasteiger partial charge in [0, 0.05) is 64.6 Å². The largest absolute Gasteiger partial charge is 0.378 e. The summed E-state index contributed by atoms with van der Waals surface area (Å²) in [7, 11) is 8.15. The number of nitrogens with zero attached hydrogens (tertiary/aromatic N) is 3. The first-order chi connectivity index (χ1) is 14.3. The summed E-state index contributed by atoms with van der Waals surface area (Å²) >= 11 is 0. The molecule has 4 nitrogen and oxygen atoms in total. The molecule has 0 aliphatic carbocycles. The molecule has 1 heterocycles. The Kier molecular flexibility index (Phi) is 6.66. The molecule has 30 heavy (non-hydrogen) atoms. The lowest BCUT2D eigenvalue weighted by Gasteiger charge is -2.44. The van der Waals surface area contributed by atoms with Crippen LogP contribution >= 0.6 is 0 Å². The SMILES string of the molecule is CC1C=CC=CN1C(C=O)(Cc1ccc(N(C)C)cc1)Cc1ccc(N(C)C)cc1. The average molecular weight is 404 g/mol. The summed E-state index contributed by atoms with van der Waals surface area (Å²) in [6.07, 6.45) is 10.7. The van der Waals surface area contributed by atoms with E-state index in [0.29, 0.717) is 12.8 Å². The molecule has 158 valence electrons. The van der Waals surface area contributed by atoms with E-state index in [9.17, 15) is 4.79 Å².